The summed E-state index contributed by atoms with van der Waals surface area (Å²) >= 11 is 1.31. The Morgan fingerprint density at radius 1 is 1.00 bits per heavy atom. The minimum Gasteiger partial charge on any atom is -0.372 e. The van der Waals surface area contributed by atoms with Crippen LogP contribution in [0.25, 0.3) is 10.9 Å². The summed E-state index contributed by atoms with van der Waals surface area (Å²) in [6.07, 6.45) is 4.28. The smallest absolute Gasteiger partial charge is 0.262 e. The maximum Gasteiger partial charge on any atom is 0.262 e. The van der Waals surface area contributed by atoms with Crippen LogP contribution in [0.5, 0.6) is 0 Å². The first-order valence-corrected chi connectivity index (χ1v) is 12.8. The molecule has 0 radical (unpaired) electrons. The third-order valence-electron chi connectivity index (χ3n) is 5.67. The number of benzene rings is 2. The SMILES string of the molecule is CCCCCCn1c(SCC(=O)Nc2ccc(N(CC)CC)cc2)nc2ccccc2c1=O. The van der Waals surface area contributed by atoms with Gasteiger partial charge in [0.05, 0.1) is 16.7 Å². The normalized spacial score (nSPS) is 11.0. The number of unbranched alkanes of at least 4 members (excludes halogenated alkanes) is 3. The highest BCUT2D eigenvalue weighted by Gasteiger charge is 2.13. The number of thioether (sulfide) groups is 1. The summed E-state index contributed by atoms with van der Waals surface area (Å²) in [5.41, 5.74) is 2.54. The highest BCUT2D eigenvalue weighted by molar-refractivity contribution is 7.99. The summed E-state index contributed by atoms with van der Waals surface area (Å²) in [4.78, 5) is 32.7. The summed E-state index contributed by atoms with van der Waals surface area (Å²) in [6.45, 7) is 8.92. The van der Waals surface area contributed by atoms with E-state index in [0.717, 1.165) is 50.1 Å². The highest BCUT2D eigenvalue weighted by atomic mass is 32.2. The van der Waals surface area contributed by atoms with Crippen LogP contribution < -0.4 is 15.8 Å². The third-order valence-corrected chi connectivity index (χ3v) is 6.65. The minimum atomic E-state index is -0.115. The molecule has 1 N–H and O–H groups in total. The molecule has 0 fully saturated rings. The van der Waals surface area contributed by atoms with Gasteiger partial charge in [-0.05, 0) is 56.7 Å². The quantitative estimate of drug-likeness (QED) is 0.215. The molecule has 1 aromatic heterocycles. The molecule has 3 aromatic rings. The molecule has 2 aromatic carbocycles. The van der Waals surface area contributed by atoms with Crippen LogP contribution in [0.15, 0.2) is 58.5 Å². The van der Waals surface area contributed by atoms with Gasteiger partial charge in [-0.15, -0.1) is 0 Å². The highest BCUT2D eigenvalue weighted by Crippen LogP contribution is 2.21. The monoisotopic (exact) mass is 466 g/mol. The average molecular weight is 467 g/mol. The van der Waals surface area contributed by atoms with E-state index in [1.54, 1.807) is 4.57 Å². The van der Waals surface area contributed by atoms with Gasteiger partial charge in [0.1, 0.15) is 0 Å². The molecule has 0 aliphatic heterocycles. The summed E-state index contributed by atoms with van der Waals surface area (Å²) < 4.78 is 1.73. The van der Waals surface area contributed by atoms with Gasteiger partial charge < -0.3 is 10.2 Å². The minimum absolute atomic E-state index is 0.0352. The number of amides is 1. The number of aromatic nitrogens is 2. The largest absolute Gasteiger partial charge is 0.372 e. The lowest BCUT2D eigenvalue weighted by Crippen LogP contribution is -2.24. The van der Waals surface area contributed by atoms with Crippen molar-refractivity contribution >= 4 is 39.9 Å². The fourth-order valence-electron chi connectivity index (χ4n) is 3.82. The molecular weight excluding hydrogens is 432 g/mol. The molecule has 1 amide bonds. The molecule has 0 unspecified atom stereocenters. The zero-order valence-electron chi connectivity index (χ0n) is 19.8. The Balaban J connectivity index is 1.70. The predicted octanol–water partition coefficient (Wildman–Crippen LogP) is 5.55. The van der Waals surface area contributed by atoms with Crippen LogP contribution in [-0.2, 0) is 11.3 Å². The van der Waals surface area contributed by atoms with Gasteiger partial charge in [-0.3, -0.25) is 14.2 Å². The molecule has 176 valence electrons. The van der Waals surface area contributed by atoms with E-state index in [9.17, 15) is 9.59 Å². The molecule has 1 heterocycles. The van der Waals surface area contributed by atoms with Crippen molar-refractivity contribution in [1.82, 2.24) is 9.55 Å². The first kappa shape index (κ1) is 24.8. The Kier molecular flexibility index (Phi) is 9.36. The summed E-state index contributed by atoms with van der Waals surface area (Å²) in [5, 5.41) is 4.17. The Labute approximate surface area is 200 Å². The summed E-state index contributed by atoms with van der Waals surface area (Å²) in [7, 11) is 0. The number of carbonyl (C=O) groups is 1. The second-order valence-electron chi connectivity index (χ2n) is 7.98. The molecular formula is C26H34N4O2S. The fourth-order valence-corrected chi connectivity index (χ4v) is 4.65. The maximum absolute atomic E-state index is 13.1. The van der Waals surface area contributed by atoms with E-state index < -0.39 is 0 Å². The average Bonchev–Trinajstić information content (AvgIpc) is 2.83. The van der Waals surface area contributed by atoms with Gasteiger partial charge in [0, 0.05) is 31.0 Å². The number of anilines is 2. The lowest BCUT2D eigenvalue weighted by atomic mass is 10.2. The first-order valence-electron chi connectivity index (χ1n) is 11.8. The van der Waals surface area contributed by atoms with E-state index in [0.29, 0.717) is 22.6 Å². The maximum atomic E-state index is 13.1. The van der Waals surface area contributed by atoms with Crippen molar-refractivity contribution in [3.63, 3.8) is 0 Å². The fraction of sp³-hybridized carbons (Fsp3) is 0.423. The van der Waals surface area contributed by atoms with Crippen LogP contribution in [0.2, 0.25) is 0 Å². The molecule has 6 nitrogen and oxygen atoms in total. The van der Waals surface area contributed by atoms with Crippen LogP contribution in [0, 0.1) is 0 Å². The molecule has 0 bridgehead atoms. The van der Waals surface area contributed by atoms with E-state index >= 15 is 0 Å². The van der Waals surface area contributed by atoms with Crippen LogP contribution in [0.3, 0.4) is 0 Å². The Bertz CT molecular complexity index is 1110. The van der Waals surface area contributed by atoms with E-state index in [4.69, 9.17) is 4.98 Å². The lowest BCUT2D eigenvalue weighted by molar-refractivity contribution is -0.113. The molecule has 0 aliphatic rings. The van der Waals surface area contributed by atoms with Crippen molar-refractivity contribution in [1.29, 1.82) is 0 Å². The number of hydrogen-bond donors (Lipinski definition) is 1. The standard InChI is InChI=1S/C26H34N4O2S/c1-4-7-8-11-18-30-25(32)22-12-9-10-13-23(22)28-26(30)33-19-24(31)27-20-14-16-21(17-15-20)29(5-2)6-3/h9-10,12-17H,4-8,11,18-19H2,1-3H3,(H,27,31). The van der Waals surface area contributed by atoms with Crippen molar-refractivity contribution in [3.8, 4) is 0 Å². The van der Waals surface area contributed by atoms with Crippen molar-refractivity contribution in [3.05, 3.63) is 58.9 Å². The Morgan fingerprint density at radius 2 is 1.73 bits per heavy atom. The van der Waals surface area contributed by atoms with Crippen molar-refractivity contribution in [2.24, 2.45) is 0 Å². The number of nitrogens with zero attached hydrogens (tertiary/aromatic N) is 3. The van der Waals surface area contributed by atoms with E-state index in [-0.39, 0.29) is 17.2 Å². The van der Waals surface area contributed by atoms with Gasteiger partial charge in [0.15, 0.2) is 5.16 Å². The van der Waals surface area contributed by atoms with Crippen LogP contribution in [-0.4, -0.2) is 34.3 Å². The van der Waals surface area contributed by atoms with Gasteiger partial charge >= 0.3 is 0 Å². The second kappa shape index (κ2) is 12.4. The molecule has 0 aliphatic carbocycles. The predicted molar refractivity (Wildman–Crippen MR) is 140 cm³/mol. The number of para-hydroxylation sites is 1. The van der Waals surface area contributed by atoms with Gasteiger partial charge in [-0.2, -0.15) is 0 Å². The number of rotatable bonds is 12. The Morgan fingerprint density at radius 3 is 2.42 bits per heavy atom. The molecule has 0 saturated carbocycles. The van der Waals surface area contributed by atoms with Gasteiger partial charge in [0.25, 0.3) is 5.56 Å². The molecule has 3 rings (SSSR count). The number of fused-ring (bicyclic) bond motifs is 1. The van der Waals surface area contributed by atoms with Crippen molar-refractivity contribution in [2.75, 3.05) is 29.1 Å². The topological polar surface area (TPSA) is 67.2 Å². The van der Waals surface area contributed by atoms with E-state index in [1.807, 2.05) is 48.5 Å². The number of carbonyl (C=O) groups excluding carboxylic acids is 1. The Hall–Kier alpha value is -2.80. The molecule has 7 heteroatoms. The van der Waals surface area contributed by atoms with Crippen LogP contribution >= 0.6 is 11.8 Å². The van der Waals surface area contributed by atoms with Gasteiger partial charge in [-0.1, -0.05) is 50.1 Å². The third kappa shape index (κ3) is 6.60. The van der Waals surface area contributed by atoms with Gasteiger partial charge in [0.2, 0.25) is 5.91 Å². The number of hydrogen-bond acceptors (Lipinski definition) is 5. The zero-order valence-corrected chi connectivity index (χ0v) is 20.7. The molecule has 0 saturated heterocycles. The molecule has 33 heavy (non-hydrogen) atoms. The summed E-state index contributed by atoms with van der Waals surface area (Å²) in [5.74, 6) is 0.0768. The van der Waals surface area contributed by atoms with Crippen molar-refractivity contribution < 1.29 is 4.79 Å². The zero-order chi connectivity index (χ0) is 23.6. The molecule has 0 spiro atoms. The second-order valence-corrected chi connectivity index (χ2v) is 8.93. The van der Waals surface area contributed by atoms with Crippen LogP contribution in [0.1, 0.15) is 46.5 Å². The van der Waals surface area contributed by atoms with E-state index in [2.05, 4.69) is 31.0 Å². The summed E-state index contributed by atoms with van der Waals surface area (Å²) in [6, 6.07) is 15.3. The van der Waals surface area contributed by atoms with Crippen molar-refractivity contribution in [2.45, 2.75) is 58.2 Å². The van der Waals surface area contributed by atoms with E-state index in [1.165, 1.54) is 11.8 Å². The van der Waals surface area contributed by atoms with Crippen LogP contribution in [0.4, 0.5) is 11.4 Å². The lowest BCUT2D eigenvalue weighted by Gasteiger charge is -2.21. The van der Waals surface area contributed by atoms with Gasteiger partial charge in [-0.25, -0.2) is 4.98 Å². The first-order chi connectivity index (χ1) is 16.1. The number of nitrogens with one attached hydrogen (secondary N) is 1. The molecule has 0 atom stereocenters.